The van der Waals surface area contributed by atoms with Crippen molar-refractivity contribution in [3.63, 3.8) is 0 Å². The Morgan fingerprint density at radius 2 is 2.16 bits per heavy atom. The molecule has 2 rings (SSSR count). The standard InChI is InChI=1S/C12H12F3N3S/c1-7(10-3-2-4-19-10)18-9-5-11(12(13,14)15)17-6-8(9)16/h2-7H,16H2,1H3,(H,17,18). The molecule has 0 amide bonds. The van der Waals surface area contributed by atoms with Crippen LogP contribution in [0.1, 0.15) is 23.5 Å². The predicted octanol–water partition coefficient (Wildman–Crippen LogP) is 3.92. The molecule has 2 heterocycles. The summed E-state index contributed by atoms with van der Waals surface area (Å²) in [6.07, 6.45) is -3.46. The summed E-state index contributed by atoms with van der Waals surface area (Å²) in [4.78, 5) is 4.31. The van der Waals surface area contributed by atoms with Crippen LogP contribution in [-0.2, 0) is 6.18 Å². The lowest BCUT2D eigenvalue weighted by molar-refractivity contribution is -0.141. The van der Waals surface area contributed by atoms with Gasteiger partial charge in [-0.15, -0.1) is 11.3 Å². The Morgan fingerprint density at radius 1 is 1.42 bits per heavy atom. The van der Waals surface area contributed by atoms with E-state index in [1.54, 1.807) is 0 Å². The van der Waals surface area contributed by atoms with Crippen molar-refractivity contribution in [1.29, 1.82) is 0 Å². The fourth-order valence-electron chi connectivity index (χ4n) is 1.59. The van der Waals surface area contributed by atoms with Gasteiger partial charge >= 0.3 is 6.18 Å². The molecule has 19 heavy (non-hydrogen) atoms. The molecular formula is C12H12F3N3S. The summed E-state index contributed by atoms with van der Waals surface area (Å²) in [6, 6.07) is 4.60. The number of pyridine rings is 1. The highest BCUT2D eigenvalue weighted by molar-refractivity contribution is 7.10. The number of hydrogen-bond acceptors (Lipinski definition) is 4. The first-order valence-corrected chi connectivity index (χ1v) is 6.38. The van der Waals surface area contributed by atoms with E-state index < -0.39 is 11.9 Å². The van der Waals surface area contributed by atoms with Gasteiger partial charge in [-0.05, 0) is 24.4 Å². The number of nitrogens with two attached hydrogens (primary N) is 1. The van der Waals surface area contributed by atoms with Crippen molar-refractivity contribution in [2.24, 2.45) is 0 Å². The maximum atomic E-state index is 12.6. The monoisotopic (exact) mass is 287 g/mol. The molecule has 0 aromatic carbocycles. The van der Waals surface area contributed by atoms with Crippen molar-refractivity contribution in [2.75, 3.05) is 11.1 Å². The van der Waals surface area contributed by atoms with Gasteiger partial charge in [0.15, 0.2) is 0 Å². The number of nitrogen functional groups attached to an aromatic ring is 1. The van der Waals surface area contributed by atoms with Gasteiger partial charge in [0.1, 0.15) is 5.69 Å². The van der Waals surface area contributed by atoms with Crippen LogP contribution >= 0.6 is 11.3 Å². The van der Waals surface area contributed by atoms with Crippen LogP contribution in [0.3, 0.4) is 0 Å². The summed E-state index contributed by atoms with van der Waals surface area (Å²) in [5.41, 5.74) is 5.12. The summed E-state index contributed by atoms with van der Waals surface area (Å²) in [6.45, 7) is 1.86. The average molecular weight is 287 g/mol. The van der Waals surface area contributed by atoms with Crippen LogP contribution in [-0.4, -0.2) is 4.98 Å². The zero-order valence-corrected chi connectivity index (χ0v) is 10.8. The molecular weight excluding hydrogens is 275 g/mol. The van der Waals surface area contributed by atoms with Crippen LogP contribution in [0.2, 0.25) is 0 Å². The van der Waals surface area contributed by atoms with E-state index >= 15 is 0 Å². The van der Waals surface area contributed by atoms with Crippen molar-refractivity contribution >= 4 is 22.7 Å². The SMILES string of the molecule is CC(Nc1cc(C(F)(F)F)ncc1N)c1cccs1. The molecule has 3 N–H and O–H groups in total. The van der Waals surface area contributed by atoms with Crippen LogP contribution < -0.4 is 11.1 Å². The molecule has 2 aromatic heterocycles. The third-order valence-corrected chi connectivity index (χ3v) is 3.62. The molecule has 0 bridgehead atoms. The van der Waals surface area contributed by atoms with Gasteiger partial charge in [-0.3, -0.25) is 0 Å². The quantitative estimate of drug-likeness (QED) is 0.899. The molecule has 0 radical (unpaired) electrons. The van der Waals surface area contributed by atoms with Gasteiger partial charge in [-0.2, -0.15) is 13.2 Å². The number of rotatable bonds is 3. The minimum absolute atomic E-state index is 0.120. The third kappa shape index (κ3) is 3.17. The molecule has 1 atom stereocenters. The Morgan fingerprint density at radius 3 is 2.74 bits per heavy atom. The Balaban J connectivity index is 2.25. The Hall–Kier alpha value is -1.76. The molecule has 3 nitrogen and oxygen atoms in total. The highest BCUT2D eigenvalue weighted by Crippen LogP contribution is 2.32. The van der Waals surface area contributed by atoms with E-state index in [1.807, 2.05) is 24.4 Å². The summed E-state index contributed by atoms with van der Waals surface area (Å²) in [7, 11) is 0. The molecule has 0 aliphatic rings. The molecule has 1 unspecified atom stereocenters. The van der Waals surface area contributed by atoms with Crippen molar-refractivity contribution < 1.29 is 13.2 Å². The van der Waals surface area contributed by atoms with E-state index in [0.29, 0.717) is 0 Å². The first-order chi connectivity index (χ1) is 8.88. The largest absolute Gasteiger partial charge is 0.433 e. The van der Waals surface area contributed by atoms with Crippen LogP contribution in [0, 0.1) is 0 Å². The number of aromatic nitrogens is 1. The van der Waals surface area contributed by atoms with E-state index in [9.17, 15) is 13.2 Å². The average Bonchev–Trinajstić information content (AvgIpc) is 2.84. The smallest absolute Gasteiger partial charge is 0.396 e. The van der Waals surface area contributed by atoms with Gasteiger partial charge in [-0.25, -0.2) is 4.98 Å². The second-order valence-corrected chi connectivity index (χ2v) is 5.02. The minimum Gasteiger partial charge on any atom is -0.396 e. The zero-order chi connectivity index (χ0) is 14.0. The normalized spacial score (nSPS) is 13.3. The lowest BCUT2D eigenvalue weighted by atomic mass is 10.2. The summed E-state index contributed by atoms with van der Waals surface area (Å²) >= 11 is 1.52. The first kappa shape index (κ1) is 13.7. The fraction of sp³-hybridized carbons (Fsp3) is 0.250. The Bertz CT molecular complexity index is 552. The number of thiophene rings is 1. The number of hydrogen-bond donors (Lipinski definition) is 2. The Kier molecular flexibility index (Phi) is 3.66. The second-order valence-electron chi connectivity index (χ2n) is 4.04. The van der Waals surface area contributed by atoms with Crippen molar-refractivity contribution in [2.45, 2.75) is 19.1 Å². The van der Waals surface area contributed by atoms with Gasteiger partial charge in [-0.1, -0.05) is 6.07 Å². The van der Waals surface area contributed by atoms with Gasteiger partial charge < -0.3 is 11.1 Å². The molecule has 7 heteroatoms. The van der Waals surface area contributed by atoms with Crippen LogP contribution in [0.5, 0.6) is 0 Å². The molecule has 0 aliphatic heterocycles. The predicted molar refractivity (Wildman–Crippen MR) is 70.0 cm³/mol. The van der Waals surface area contributed by atoms with Gasteiger partial charge in [0.2, 0.25) is 0 Å². The summed E-state index contributed by atoms with van der Waals surface area (Å²) in [5, 5.41) is 4.88. The molecule has 0 aliphatic carbocycles. The lowest BCUT2D eigenvalue weighted by Crippen LogP contribution is -2.12. The maximum Gasteiger partial charge on any atom is 0.433 e. The van der Waals surface area contributed by atoms with Crippen molar-refractivity contribution in [3.05, 3.63) is 40.3 Å². The van der Waals surface area contributed by atoms with Crippen LogP contribution in [0.4, 0.5) is 24.5 Å². The van der Waals surface area contributed by atoms with Crippen LogP contribution in [0.15, 0.2) is 29.8 Å². The van der Waals surface area contributed by atoms with E-state index in [-0.39, 0.29) is 17.4 Å². The number of anilines is 2. The highest BCUT2D eigenvalue weighted by Gasteiger charge is 2.33. The first-order valence-electron chi connectivity index (χ1n) is 5.50. The van der Waals surface area contributed by atoms with E-state index in [2.05, 4.69) is 10.3 Å². The molecule has 0 spiro atoms. The van der Waals surface area contributed by atoms with E-state index in [4.69, 9.17) is 5.73 Å². The second kappa shape index (κ2) is 5.08. The topological polar surface area (TPSA) is 50.9 Å². The number of nitrogens with zero attached hydrogens (tertiary/aromatic N) is 1. The van der Waals surface area contributed by atoms with E-state index in [0.717, 1.165) is 17.1 Å². The molecule has 0 fully saturated rings. The Labute approximate surface area is 112 Å². The van der Waals surface area contributed by atoms with Gasteiger partial charge in [0.25, 0.3) is 0 Å². The third-order valence-electron chi connectivity index (χ3n) is 2.57. The van der Waals surface area contributed by atoms with Crippen LogP contribution in [0.25, 0.3) is 0 Å². The number of alkyl halides is 3. The molecule has 2 aromatic rings. The number of nitrogens with one attached hydrogen (secondary N) is 1. The van der Waals surface area contributed by atoms with E-state index in [1.165, 1.54) is 11.3 Å². The van der Waals surface area contributed by atoms with Gasteiger partial charge in [0, 0.05) is 4.88 Å². The molecule has 0 saturated carbocycles. The fourth-order valence-corrected chi connectivity index (χ4v) is 2.32. The molecule has 0 saturated heterocycles. The van der Waals surface area contributed by atoms with Crippen molar-refractivity contribution in [1.82, 2.24) is 4.98 Å². The summed E-state index contributed by atoms with van der Waals surface area (Å²) < 4.78 is 37.7. The van der Waals surface area contributed by atoms with Crippen molar-refractivity contribution in [3.8, 4) is 0 Å². The zero-order valence-electron chi connectivity index (χ0n) is 10.0. The van der Waals surface area contributed by atoms with Gasteiger partial charge in [0.05, 0.1) is 23.6 Å². The maximum absolute atomic E-state index is 12.6. The minimum atomic E-state index is -4.48. The lowest BCUT2D eigenvalue weighted by Gasteiger charge is -2.16. The molecule has 102 valence electrons. The summed E-state index contributed by atoms with van der Waals surface area (Å²) in [5.74, 6) is 0. The highest BCUT2D eigenvalue weighted by atomic mass is 32.1. The number of halogens is 3.